The Balaban J connectivity index is 1.49. The van der Waals surface area contributed by atoms with E-state index in [1.54, 1.807) is 18.9 Å². The molecule has 1 amide bonds. The first-order valence-corrected chi connectivity index (χ1v) is 9.25. The molecule has 1 aromatic carbocycles. The Morgan fingerprint density at radius 1 is 1.15 bits per heavy atom. The number of carbonyl (C=O) groups is 2. The van der Waals surface area contributed by atoms with Crippen LogP contribution < -0.4 is 9.64 Å². The number of hydrogen-bond acceptors (Lipinski definition) is 5. The lowest BCUT2D eigenvalue weighted by molar-refractivity contribution is -0.156. The summed E-state index contributed by atoms with van der Waals surface area (Å²) in [4.78, 5) is 28.2. The summed E-state index contributed by atoms with van der Waals surface area (Å²) in [6.45, 7) is 3.84. The molecule has 8 heteroatoms. The molecule has 1 aliphatic heterocycles. The van der Waals surface area contributed by atoms with Crippen LogP contribution in [-0.2, 0) is 14.3 Å². The van der Waals surface area contributed by atoms with Gasteiger partial charge in [0.1, 0.15) is 15.5 Å². The highest BCUT2D eigenvalue weighted by Gasteiger charge is 2.69. The minimum absolute atomic E-state index is 0.211. The number of rotatable bonds is 5. The summed E-state index contributed by atoms with van der Waals surface area (Å²) < 4.78 is 9.44. The predicted octanol–water partition coefficient (Wildman–Crippen LogP) is 2.47. The van der Waals surface area contributed by atoms with Crippen LogP contribution in [0.2, 0.25) is 0 Å². The average Bonchev–Trinajstić information content (AvgIpc) is 3.18. The van der Waals surface area contributed by atoms with Crippen molar-refractivity contribution in [2.45, 2.75) is 17.7 Å². The van der Waals surface area contributed by atoms with Gasteiger partial charge in [0.2, 0.25) is 0 Å². The van der Waals surface area contributed by atoms with Gasteiger partial charge >= 0.3 is 5.97 Å². The number of anilines is 1. The number of ether oxygens (including phenoxy) is 2. The zero-order valence-electron chi connectivity index (χ0n) is 14.8. The van der Waals surface area contributed by atoms with E-state index < -0.39 is 15.7 Å². The molecule has 2 aliphatic rings. The minimum atomic E-state index is -1.09. The van der Waals surface area contributed by atoms with E-state index in [2.05, 4.69) is 4.90 Å². The second-order valence-electron chi connectivity index (χ2n) is 6.83. The third-order valence-corrected chi connectivity index (χ3v) is 6.19. The standard InChI is InChI=1S/C18H22Cl2N2O4/c1-17(12-18(17,19)20)16(24)26-11-15(23)22-9-7-21(8-10-22)13-5-3-4-6-14(13)25-2/h3-6H,7-12H2,1-2H3/t17-/m0/s1. The second kappa shape index (κ2) is 7.16. The molecule has 6 nitrogen and oxygen atoms in total. The van der Waals surface area contributed by atoms with Gasteiger partial charge < -0.3 is 19.3 Å². The number of nitrogens with zero attached hydrogens (tertiary/aromatic N) is 2. The van der Waals surface area contributed by atoms with Crippen LogP contribution in [-0.4, -0.2) is 61.0 Å². The number of amides is 1. The fourth-order valence-electron chi connectivity index (χ4n) is 3.09. The van der Waals surface area contributed by atoms with Gasteiger partial charge in [-0.1, -0.05) is 12.1 Å². The topological polar surface area (TPSA) is 59.1 Å². The Hall–Kier alpha value is -1.66. The summed E-state index contributed by atoms with van der Waals surface area (Å²) in [7, 11) is 1.64. The van der Waals surface area contributed by atoms with Gasteiger partial charge in [-0.05, 0) is 19.1 Å². The summed E-state index contributed by atoms with van der Waals surface area (Å²) >= 11 is 11.9. The smallest absolute Gasteiger partial charge is 0.315 e. The molecule has 2 fully saturated rings. The van der Waals surface area contributed by atoms with Crippen molar-refractivity contribution in [1.82, 2.24) is 4.90 Å². The fourth-order valence-corrected chi connectivity index (χ4v) is 3.78. The molecular formula is C18H22Cl2N2O4. The van der Waals surface area contributed by atoms with E-state index in [9.17, 15) is 9.59 Å². The van der Waals surface area contributed by atoms with Gasteiger partial charge in [-0.15, -0.1) is 23.2 Å². The third kappa shape index (κ3) is 3.58. The van der Waals surface area contributed by atoms with Gasteiger partial charge in [0.25, 0.3) is 5.91 Å². The molecule has 26 heavy (non-hydrogen) atoms. The summed E-state index contributed by atoms with van der Waals surface area (Å²) in [5, 5.41) is 0. The number of para-hydroxylation sites is 2. The summed E-state index contributed by atoms with van der Waals surface area (Å²) in [5.41, 5.74) is 0.0922. The normalized spacial score (nSPS) is 24.2. The van der Waals surface area contributed by atoms with Crippen LogP contribution in [0.3, 0.4) is 0 Å². The monoisotopic (exact) mass is 400 g/mol. The molecule has 0 N–H and O–H groups in total. The number of alkyl halides is 2. The fraction of sp³-hybridized carbons (Fsp3) is 0.556. The Kier molecular flexibility index (Phi) is 5.26. The predicted molar refractivity (Wildman–Crippen MR) is 99.9 cm³/mol. The first kappa shape index (κ1) is 19.1. The molecule has 0 aromatic heterocycles. The number of piperazine rings is 1. The number of carbonyl (C=O) groups excluding carboxylic acids is 2. The van der Waals surface area contributed by atoms with E-state index >= 15 is 0 Å². The van der Waals surface area contributed by atoms with Gasteiger partial charge in [0, 0.05) is 32.6 Å². The van der Waals surface area contributed by atoms with E-state index in [1.807, 2.05) is 24.3 Å². The van der Waals surface area contributed by atoms with Crippen LogP contribution >= 0.6 is 23.2 Å². The lowest BCUT2D eigenvalue weighted by Crippen LogP contribution is -2.50. The van der Waals surface area contributed by atoms with E-state index in [0.717, 1.165) is 11.4 Å². The number of esters is 1. The molecule has 1 atom stereocenters. The van der Waals surface area contributed by atoms with Gasteiger partial charge in [0.05, 0.1) is 12.8 Å². The second-order valence-corrected chi connectivity index (χ2v) is 8.31. The van der Waals surface area contributed by atoms with Crippen molar-refractivity contribution in [3.8, 4) is 5.75 Å². The van der Waals surface area contributed by atoms with Gasteiger partial charge in [0.15, 0.2) is 6.61 Å². The molecule has 0 bridgehead atoms. The van der Waals surface area contributed by atoms with Crippen LogP contribution in [0.15, 0.2) is 24.3 Å². The van der Waals surface area contributed by atoms with Crippen molar-refractivity contribution in [2.24, 2.45) is 5.41 Å². The van der Waals surface area contributed by atoms with Crippen LogP contribution in [0, 0.1) is 5.41 Å². The first-order valence-electron chi connectivity index (χ1n) is 8.49. The molecule has 0 unspecified atom stereocenters. The molecule has 0 radical (unpaired) electrons. The molecule has 142 valence electrons. The Morgan fingerprint density at radius 3 is 2.35 bits per heavy atom. The Labute approximate surface area is 162 Å². The zero-order valence-corrected chi connectivity index (χ0v) is 16.3. The van der Waals surface area contributed by atoms with Crippen molar-refractivity contribution in [3.05, 3.63) is 24.3 Å². The first-order chi connectivity index (χ1) is 12.3. The van der Waals surface area contributed by atoms with Crippen molar-refractivity contribution in [1.29, 1.82) is 0 Å². The Bertz CT molecular complexity index is 704. The molecule has 3 rings (SSSR count). The van der Waals surface area contributed by atoms with Crippen LogP contribution in [0.25, 0.3) is 0 Å². The maximum atomic E-state index is 12.3. The number of halogens is 2. The molecule has 1 saturated heterocycles. The van der Waals surface area contributed by atoms with Gasteiger partial charge in [-0.3, -0.25) is 9.59 Å². The van der Waals surface area contributed by atoms with Crippen LogP contribution in [0.1, 0.15) is 13.3 Å². The highest BCUT2D eigenvalue weighted by molar-refractivity contribution is 6.53. The Morgan fingerprint density at radius 2 is 1.77 bits per heavy atom. The molecule has 1 saturated carbocycles. The number of benzene rings is 1. The lowest BCUT2D eigenvalue weighted by atomic mass is 10.1. The highest BCUT2D eigenvalue weighted by atomic mass is 35.5. The van der Waals surface area contributed by atoms with E-state index in [4.69, 9.17) is 32.7 Å². The van der Waals surface area contributed by atoms with E-state index in [1.165, 1.54) is 0 Å². The molecule has 1 heterocycles. The quantitative estimate of drug-likeness (QED) is 0.561. The summed E-state index contributed by atoms with van der Waals surface area (Å²) in [6, 6.07) is 7.80. The molecule has 1 aromatic rings. The lowest BCUT2D eigenvalue weighted by Gasteiger charge is -2.36. The molecule has 0 spiro atoms. The van der Waals surface area contributed by atoms with E-state index in [-0.39, 0.29) is 12.5 Å². The third-order valence-electron chi connectivity index (χ3n) is 5.09. The summed E-state index contributed by atoms with van der Waals surface area (Å²) in [5.74, 6) is 0.0741. The van der Waals surface area contributed by atoms with Crippen molar-refractivity contribution < 1.29 is 19.1 Å². The minimum Gasteiger partial charge on any atom is -0.495 e. The van der Waals surface area contributed by atoms with Gasteiger partial charge in [-0.2, -0.15) is 0 Å². The largest absolute Gasteiger partial charge is 0.495 e. The van der Waals surface area contributed by atoms with Crippen molar-refractivity contribution in [2.75, 3.05) is 44.8 Å². The van der Waals surface area contributed by atoms with Crippen LogP contribution in [0.4, 0.5) is 5.69 Å². The summed E-state index contributed by atoms with van der Waals surface area (Å²) in [6.07, 6.45) is 0.341. The highest BCUT2D eigenvalue weighted by Crippen LogP contribution is 2.64. The molecular weight excluding hydrogens is 379 g/mol. The maximum Gasteiger partial charge on any atom is 0.315 e. The van der Waals surface area contributed by atoms with Crippen LogP contribution in [0.5, 0.6) is 5.75 Å². The zero-order chi connectivity index (χ0) is 18.9. The van der Waals surface area contributed by atoms with Crippen molar-refractivity contribution >= 4 is 40.8 Å². The van der Waals surface area contributed by atoms with Gasteiger partial charge in [-0.25, -0.2) is 0 Å². The number of methoxy groups -OCH3 is 1. The average molecular weight is 401 g/mol. The molecule has 1 aliphatic carbocycles. The van der Waals surface area contributed by atoms with Crippen molar-refractivity contribution in [3.63, 3.8) is 0 Å². The maximum absolute atomic E-state index is 12.3. The number of hydrogen-bond donors (Lipinski definition) is 0. The SMILES string of the molecule is COc1ccccc1N1CCN(C(=O)COC(=O)[C@]2(C)CC2(Cl)Cl)CC1. The van der Waals surface area contributed by atoms with E-state index in [0.29, 0.717) is 32.6 Å².